The molecule has 0 saturated heterocycles. The van der Waals surface area contributed by atoms with E-state index in [9.17, 15) is 4.79 Å². The van der Waals surface area contributed by atoms with E-state index in [4.69, 9.17) is 0 Å². The Morgan fingerprint density at radius 1 is 0.933 bits per heavy atom. The maximum atomic E-state index is 13.4. The van der Waals surface area contributed by atoms with Crippen molar-refractivity contribution in [2.45, 2.75) is 54.6 Å². The molecule has 156 valence electrons. The third kappa shape index (κ3) is 3.64. The summed E-state index contributed by atoms with van der Waals surface area (Å²) in [6.07, 6.45) is 0. The molecule has 0 fully saturated rings. The molecule has 4 rings (SSSR count). The Morgan fingerprint density at radius 2 is 1.57 bits per heavy atom. The number of nitrogens with zero attached hydrogens (tertiary/aromatic N) is 4. The Hall–Kier alpha value is -2.95. The predicted octanol–water partition coefficient (Wildman–Crippen LogP) is 5.55. The summed E-state index contributed by atoms with van der Waals surface area (Å²) in [7, 11) is 0. The van der Waals surface area contributed by atoms with Crippen LogP contribution in [0.15, 0.2) is 48.5 Å². The standard InChI is InChI=1S/C25H30N4O/c1-24(2,3)16-29-22-18-12-8-7-11-17(18)15-28(23(30)25(4,5)6)20-14-10-9-13-19(20)21(22)26-27-29/h7-14H,15-16H2,1-6H3. The molecule has 2 aromatic carbocycles. The first-order chi connectivity index (χ1) is 14.1. The Morgan fingerprint density at radius 3 is 2.23 bits per heavy atom. The van der Waals surface area contributed by atoms with Gasteiger partial charge < -0.3 is 4.90 Å². The number of rotatable bonds is 1. The number of carbonyl (C=O) groups is 1. The first-order valence-electron chi connectivity index (χ1n) is 10.5. The van der Waals surface area contributed by atoms with Crippen LogP contribution in [0.2, 0.25) is 0 Å². The van der Waals surface area contributed by atoms with Crippen molar-refractivity contribution < 1.29 is 4.79 Å². The lowest BCUT2D eigenvalue weighted by Crippen LogP contribution is -2.40. The van der Waals surface area contributed by atoms with Crippen LogP contribution in [0, 0.1) is 10.8 Å². The van der Waals surface area contributed by atoms with Crippen molar-refractivity contribution in [3.8, 4) is 22.5 Å². The second-order valence-electron chi connectivity index (χ2n) is 10.3. The fourth-order valence-corrected chi connectivity index (χ4v) is 3.96. The fourth-order valence-electron chi connectivity index (χ4n) is 3.96. The van der Waals surface area contributed by atoms with Gasteiger partial charge in [-0.1, -0.05) is 89.2 Å². The summed E-state index contributed by atoms with van der Waals surface area (Å²) >= 11 is 0. The van der Waals surface area contributed by atoms with Gasteiger partial charge in [0.05, 0.1) is 17.9 Å². The van der Waals surface area contributed by atoms with Crippen molar-refractivity contribution in [2.75, 3.05) is 4.90 Å². The monoisotopic (exact) mass is 402 g/mol. The molecule has 0 bridgehead atoms. The van der Waals surface area contributed by atoms with Crippen molar-refractivity contribution in [1.82, 2.24) is 15.0 Å². The number of para-hydroxylation sites is 1. The molecule has 1 aliphatic heterocycles. The molecule has 5 nitrogen and oxygen atoms in total. The molecule has 30 heavy (non-hydrogen) atoms. The van der Waals surface area contributed by atoms with Gasteiger partial charge in [-0.25, -0.2) is 4.68 Å². The molecule has 2 heterocycles. The van der Waals surface area contributed by atoms with Crippen LogP contribution in [0.1, 0.15) is 47.1 Å². The molecule has 0 aliphatic carbocycles. The minimum atomic E-state index is -0.492. The minimum absolute atomic E-state index is 0.0620. The molecule has 0 radical (unpaired) electrons. The average molecular weight is 403 g/mol. The zero-order chi connectivity index (χ0) is 21.7. The van der Waals surface area contributed by atoms with Gasteiger partial charge in [0.25, 0.3) is 0 Å². The zero-order valence-electron chi connectivity index (χ0n) is 18.7. The molecule has 0 atom stereocenters. The maximum Gasteiger partial charge on any atom is 0.232 e. The van der Waals surface area contributed by atoms with Gasteiger partial charge in [0, 0.05) is 23.1 Å². The van der Waals surface area contributed by atoms with Gasteiger partial charge >= 0.3 is 0 Å². The number of hydrogen-bond acceptors (Lipinski definition) is 3. The minimum Gasteiger partial charge on any atom is -0.307 e. The van der Waals surface area contributed by atoms with Crippen LogP contribution in [0.5, 0.6) is 0 Å². The molecule has 3 aromatic rings. The van der Waals surface area contributed by atoms with Crippen LogP contribution < -0.4 is 4.90 Å². The number of amides is 1. The van der Waals surface area contributed by atoms with Crippen molar-refractivity contribution >= 4 is 11.6 Å². The lowest BCUT2D eigenvalue weighted by Gasteiger charge is -2.33. The van der Waals surface area contributed by atoms with E-state index in [1.54, 1.807) is 0 Å². The van der Waals surface area contributed by atoms with Crippen molar-refractivity contribution in [3.05, 3.63) is 54.1 Å². The summed E-state index contributed by atoms with van der Waals surface area (Å²) in [5.74, 6) is 0.0929. The topological polar surface area (TPSA) is 51.0 Å². The second kappa shape index (κ2) is 7.08. The first-order valence-corrected chi connectivity index (χ1v) is 10.5. The number of anilines is 1. The molecule has 0 spiro atoms. The van der Waals surface area contributed by atoms with Crippen LogP contribution in [0.25, 0.3) is 22.5 Å². The quantitative estimate of drug-likeness (QED) is 0.536. The summed E-state index contributed by atoms with van der Waals surface area (Å²) in [5, 5.41) is 9.16. The van der Waals surface area contributed by atoms with Gasteiger partial charge in [-0.3, -0.25) is 4.79 Å². The number of aromatic nitrogens is 3. The zero-order valence-corrected chi connectivity index (χ0v) is 18.7. The number of carbonyl (C=O) groups excluding carboxylic acids is 1. The fraction of sp³-hybridized carbons (Fsp3) is 0.400. The highest BCUT2D eigenvalue weighted by Crippen LogP contribution is 2.42. The van der Waals surface area contributed by atoms with E-state index in [2.05, 4.69) is 43.2 Å². The number of fused-ring (bicyclic) bond motifs is 5. The summed E-state index contributed by atoms with van der Waals surface area (Å²) in [5.41, 5.74) is 5.44. The SMILES string of the molecule is CC(C)(C)Cn1nnc2c1-c1ccccc1CN(C(=O)C(C)(C)C)c1ccccc1-2. The molecule has 1 aliphatic rings. The second-order valence-corrected chi connectivity index (χ2v) is 10.3. The third-order valence-electron chi connectivity index (χ3n) is 5.30. The Labute approximate surface area is 178 Å². The van der Waals surface area contributed by atoms with Crippen molar-refractivity contribution in [1.29, 1.82) is 0 Å². The Balaban J connectivity index is 2.01. The summed E-state index contributed by atoms with van der Waals surface area (Å²) in [6, 6.07) is 16.3. The van der Waals surface area contributed by atoms with Crippen molar-refractivity contribution in [2.24, 2.45) is 10.8 Å². The van der Waals surface area contributed by atoms with Crippen LogP contribution in [-0.2, 0) is 17.9 Å². The molecule has 1 amide bonds. The summed E-state index contributed by atoms with van der Waals surface area (Å²) in [4.78, 5) is 15.3. The van der Waals surface area contributed by atoms with E-state index in [1.165, 1.54) is 0 Å². The van der Waals surface area contributed by atoms with Gasteiger partial charge in [-0.2, -0.15) is 0 Å². The molecular formula is C25H30N4O. The highest BCUT2D eigenvalue weighted by atomic mass is 16.2. The Bertz CT molecular complexity index is 1100. The molecule has 0 saturated carbocycles. The summed E-state index contributed by atoms with van der Waals surface area (Å²) in [6.45, 7) is 13.8. The molecule has 0 N–H and O–H groups in total. The van der Waals surface area contributed by atoms with E-state index in [-0.39, 0.29) is 11.3 Å². The summed E-state index contributed by atoms with van der Waals surface area (Å²) < 4.78 is 2.02. The maximum absolute atomic E-state index is 13.4. The number of benzene rings is 2. The number of hydrogen-bond donors (Lipinski definition) is 0. The van der Waals surface area contributed by atoms with Crippen LogP contribution >= 0.6 is 0 Å². The lowest BCUT2D eigenvalue weighted by molar-refractivity contribution is -0.125. The smallest absolute Gasteiger partial charge is 0.232 e. The van der Waals surface area contributed by atoms with Crippen molar-refractivity contribution in [3.63, 3.8) is 0 Å². The molecular weight excluding hydrogens is 372 g/mol. The van der Waals surface area contributed by atoms with E-state index in [1.807, 2.05) is 66.8 Å². The van der Waals surface area contributed by atoms with Crippen LogP contribution in [0.4, 0.5) is 5.69 Å². The molecule has 5 heteroatoms. The van der Waals surface area contributed by atoms with Gasteiger partial charge in [0.1, 0.15) is 5.69 Å². The molecule has 1 aromatic heterocycles. The predicted molar refractivity (Wildman–Crippen MR) is 121 cm³/mol. The third-order valence-corrected chi connectivity index (χ3v) is 5.30. The van der Waals surface area contributed by atoms with E-state index in [0.717, 1.165) is 40.3 Å². The molecule has 0 unspecified atom stereocenters. The van der Waals surface area contributed by atoms with Gasteiger partial charge in [-0.05, 0) is 17.0 Å². The lowest BCUT2D eigenvalue weighted by atomic mass is 9.90. The van der Waals surface area contributed by atoms with Gasteiger partial charge in [-0.15, -0.1) is 5.10 Å². The van der Waals surface area contributed by atoms with Gasteiger partial charge in [0.15, 0.2) is 0 Å². The van der Waals surface area contributed by atoms with E-state index in [0.29, 0.717) is 6.54 Å². The van der Waals surface area contributed by atoms with Crippen LogP contribution in [-0.4, -0.2) is 20.9 Å². The largest absolute Gasteiger partial charge is 0.307 e. The average Bonchev–Trinajstić information content (AvgIpc) is 3.05. The van der Waals surface area contributed by atoms with E-state index < -0.39 is 5.41 Å². The normalized spacial score (nSPS) is 13.7. The Kier molecular flexibility index (Phi) is 4.80. The highest BCUT2D eigenvalue weighted by molar-refractivity contribution is 6.02. The first kappa shape index (κ1) is 20.3. The van der Waals surface area contributed by atoms with Gasteiger partial charge in [0.2, 0.25) is 5.91 Å². The highest BCUT2D eigenvalue weighted by Gasteiger charge is 2.34. The van der Waals surface area contributed by atoms with Crippen LogP contribution in [0.3, 0.4) is 0 Å². The van der Waals surface area contributed by atoms with E-state index >= 15 is 0 Å².